The summed E-state index contributed by atoms with van der Waals surface area (Å²) >= 11 is 5.74. The molecule has 1 N–H and O–H groups in total. The van der Waals surface area contributed by atoms with Gasteiger partial charge in [0, 0.05) is 18.9 Å². The number of hydrogen-bond acceptors (Lipinski definition) is 2. The van der Waals surface area contributed by atoms with Gasteiger partial charge < -0.3 is 9.88 Å². The van der Waals surface area contributed by atoms with Crippen molar-refractivity contribution in [2.24, 2.45) is 0 Å². The second-order valence-corrected chi connectivity index (χ2v) is 3.72. The molecule has 0 spiro atoms. The number of hydrogen-bond donors (Lipinski definition) is 1. The maximum absolute atomic E-state index is 11.4. The monoisotopic (exact) mass is 229 g/mol. The average Bonchev–Trinajstić information content (AvgIpc) is 2.59. The number of halogens is 1. The average molecular weight is 230 g/mol. The van der Waals surface area contributed by atoms with Gasteiger partial charge in [-0.25, -0.2) is 4.98 Å². The number of amides is 1. The van der Waals surface area contributed by atoms with E-state index in [2.05, 4.69) is 17.2 Å². The van der Waals surface area contributed by atoms with E-state index in [0.29, 0.717) is 5.28 Å². The third-order valence-corrected chi connectivity index (χ3v) is 2.40. The lowest BCUT2D eigenvalue weighted by atomic mass is 10.2. The molecule has 0 aromatic carbocycles. The van der Waals surface area contributed by atoms with Crippen LogP contribution in [0.25, 0.3) is 0 Å². The molecule has 0 saturated carbocycles. The van der Waals surface area contributed by atoms with Gasteiger partial charge in [-0.1, -0.05) is 19.8 Å². The van der Waals surface area contributed by atoms with Crippen LogP contribution in [0, 0.1) is 0 Å². The summed E-state index contributed by atoms with van der Waals surface area (Å²) in [6, 6.07) is 0. The van der Waals surface area contributed by atoms with Gasteiger partial charge in [0.25, 0.3) is 0 Å². The first-order chi connectivity index (χ1) is 7.24. The summed E-state index contributed by atoms with van der Waals surface area (Å²) in [5.41, 5.74) is 0. The van der Waals surface area contributed by atoms with Crippen LogP contribution < -0.4 is 5.32 Å². The predicted octanol–water partition coefficient (Wildman–Crippen LogP) is 1.84. The number of carbonyl (C=O) groups is 1. The summed E-state index contributed by atoms with van der Waals surface area (Å²) in [4.78, 5) is 15.2. The van der Waals surface area contributed by atoms with Gasteiger partial charge in [-0.3, -0.25) is 4.79 Å². The fraction of sp³-hybridized carbons (Fsp3) is 0.600. The Morgan fingerprint density at radius 3 is 3.00 bits per heavy atom. The molecule has 0 bridgehead atoms. The highest BCUT2D eigenvalue weighted by molar-refractivity contribution is 6.28. The standard InChI is InChI=1S/C10H16ClN3O/c1-2-3-4-5-12-9(15)8-14-7-6-13-10(14)11/h6-7H,2-5,8H2,1H3,(H,12,15). The maximum Gasteiger partial charge on any atom is 0.240 e. The Morgan fingerprint density at radius 1 is 1.60 bits per heavy atom. The van der Waals surface area contributed by atoms with Crippen molar-refractivity contribution in [1.82, 2.24) is 14.9 Å². The highest BCUT2D eigenvalue weighted by Gasteiger charge is 2.04. The highest BCUT2D eigenvalue weighted by atomic mass is 35.5. The van der Waals surface area contributed by atoms with Crippen molar-refractivity contribution in [2.75, 3.05) is 6.54 Å². The predicted molar refractivity (Wildman–Crippen MR) is 59.8 cm³/mol. The van der Waals surface area contributed by atoms with Gasteiger partial charge in [-0.15, -0.1) is 0 Å². The van der Waals surface area contributed by atoms with Crippen molar-refractivity contribution in [3.05, 3.63) is 17.7 Å². The Hall–Kier alpha value is -1.03. The molecule has 4 nitrogen and oxygen atoms in total. The Kier molecular flexibility index (Phi) is 5.18. The fourth-order valence-corrected chi connectivity index (χ4v) is 1.41. The van der Waals surface area contributed by atoms with E-state index in [1.165, 1.54) is 0 Å². The lowest BCUT2D eigenvalue weighted by Crippen LogP contribution is -2.28. The van der Waals surface area contributed by atoms with E-state index >= 15 is 0 Å². The topological polar surface area (TPSA) is 46.9 Å². The van der Waals surface area contributed by atoms with E-state index in [9.17, 15) is 4.79 Å². The first-order valence-corrected chi connectivity index (χ1v) is 5.55. The van der Waals surface area contributed by atoms with Crippen LogP contribution in [0.3, 0.4) is 0 Å². The maximum atomic E-state index is 11.4. The molecule has 1 aromatic rings. The number of nitrogens with one attached hydrogen (secondary N) is 1. The molecule has 0 radical (unpaired) electrons. The van der Waals surface area contributed by atoms with Crippen LogP contribution in [-0.4, -0.2) is 22.0 Å². The summed E-state index contributed by atoms with van der Waals surface area (Å²) in [6.45, 7) is 3.11. The Balaban J connectivity index is 2.22. The van der Waals surface area contributed by atoms with Crippen molar-refractivity contribution in [1.29, 1.82) is 0 Å². The second kappa shape index (κ2) is 6.45. The van der Waals surface area contributed by atoms with Crippen LogP contribution in [0.1, 0.15) is 26.2 Å². The third-order valence-electron chi connectivity index (χ3n) is 2.08. The molecule has 84 valence electrons. The number of rotatable bonds is 6. The minimum atomic E-state index is -0.0222. The van der Waals surface area contributed by atoms with Crippen LogP contribution in [0.4, 0.5) is 0 Å². The van der Waals surface area contributed by atoms with Gasteiger partial charge in [0.15, 0.2) is 0 Å². The molecule has 1 rings (SSSR count). The molecule has 0 aliphatic heterocycles. The van der Waals surface area contributed by atoms with Crippen molar-refractivity contribution in [3.63, 3.8) is 0 Å². The second-order valence-electron chi connectivity index (χ2n) is 3.38. The molecule has 15 heavy (non-hydrogen) atoms. The SMILES string of the molecule is CCCCCNC(=O)Cn1ccnc1Cl. The Morgan fingerprint density at radius 2 is 2.40 bits per heavy atom. The van der Waals surface area contributed by atoms with Crippen molar-refractivity contribution < 1.29 is 4.79 Å². The molecule has 0 atom stereocenters. The van der Waals surface area contributed by atoms with Crippen molar-refractivity contribution >= 4 is 17.5 Å². The first kappa shape index (κ1) is 12.0. The van der Waals surface area contributed by atoms with Gasteiger partial charge in [-0.05, 0) is 18.0 Å². The molecule has 0 aliphatic rings. The van der Waals surface area contributed by atoms with Crippen molar-refractivity contribution in [2.45, 2.75) is 32.7 Å². The van der Waals surface area contributed by atoms with Gasteiger partial charge in [0.2, 0.25) is 11.2 Å². The Bertz CT molecular complexity index is 311. The van der Waals surface area contributed by atoms with E-state index in [0.717, 1.165) is 25.8 Å². The molecular weight excluding hydrogens is 214 g/mol. The third kappa shape index (κ3) is 4.34. The lowest BCUT2D eigenvalue weighted by Gasteiger charge is -2.05. The summed E-state index contributed by atoms with van der Waals surface area (Å²) < 4.78 is 1.61. The minimum Gasteiger partial charge on any atom is -0.355 e. The lowest BCUT2D eigenvalue weighted by molar-refractivity contribution is -0.121. The zero-order valence-electron chi connectivity index (χ0n) is 8.87. The molecule has 1 aromatic heterocycles. The van der Waals surface area contributed by atoms with Crippen LogP contribution >= 0.6 is 11.6 Å². The first-order valence-electron chi connectivity index (χ1n) is 5.17. The molecule has 0 unspecified atom stereocenters. The molecule has 0 aliphatic carbocycles. The smallest absolute Gasteiger partial charge is 0.240 e. The largest absolute Gasteiger partial charge is 0.355 e. The number of carbonyl (C=O) groups excluding carboxylic acids is 1. The number of unbranched alkanes of at least 4 members (excludes halogenated alkanes) is 2. The van der Waals surface area contributed by atoms with Gasteiger partial charge in [0.05, 0.1) is 0 Å². The Labute approximate surface area is 94.6 Å². The summed E-state index contributed by atoms with van der Waals surface area (Å²) in [7, 11) is 0. The molecule has 1 heterocycles. The molecule has 0 saturated heterocycles. The number of imidazole rings is 1. The van der Waals surface area contributed by atoms with E-state index in [1.54, 1.807) is 17.0 Å². The molecule has 0 fully saturated rings. The van der Waals surface area contributed by atoms with Crippen LogP contribution in [0.15, 0.2) is 12.4 Å². The van der Waals surface area contributed by atoms with Crippen molar-refractivity contribution in [3.8, 4) is 0 Å². The zero-order valence-corrected chi connectivity index (χ0v) is 9.63. The van der Waals surface area contributed by atoms with E-state index in [1.807, 2.05) is 0 Å². The van der Waals surface area contributed by atoms with E-state index in [-0.39, 0.29) is 12.5 Å². The van der Waals surface area contributed by atoms with Gasteiger partial charge >= 0.3 is 0 Å². The van der Waals surface area contributed by atoms with Gasteiger partial charge in [0.1, 0.15) is 6.54 Å². The van der Waals surface area contributed by atoms with Crippen LogP contribution in [0.5, 0.6) is 0 Å². The number of aromatic nitrogens is 2. The summed E-state index contributed by atoms with van der Waals surface area (Å²) in [5, 5.41) is 3.18. The molecule has 1 amide bonds. The molecular formula is C10H16ClN3O. The summed E-state index contributed by atoms with van der Waals surface area (Å²) in [6.07, 6.45) is 6.59. The normalized spacial score (nSPS) is 10.3. The highest BCUT2D eigenvalue weighted by Crippen LogP contribution is 2.03. The minimum absolute atomic E-state index is 0.0222. The van der Waals surface area contributed by atoms with E-state index in [4.69, 9.17) is 11.6 Å². The fourth-order valence-electron chi connectivity index (χ4n) is 1.24. The van der Waals surface area contributed by atoms with Crippen LogP contribution in [0.2, 0.25) is 5.28 Å². The number of nitrogens with zero attached hydrogens (tertiary/aromatic N) is 2. The van der Waals surface area contributed by atoms with Crippen LogP contribution in [-0.2, 0) is 11.3 Å². The zero-order chi connectivity index (χ0) is 11.1. The van der Waals surface area contributed by atoms with E-state index < -0.39 is 0 Å². The quantitative estimate of drug-likeness (QED) is 0.757. The molecule has 5 heteroatoms. The van der Waals surface area contributed by atoms with Gasteiger partial charge in [-0.2, -0.15) is 0 Å². The summed E-state index contributed by atoms with van der Waals surface area (Å²) in [5.74, 6) is -0.0222.